The van der Waals surface area contributed by atoms with Gasteiger partial charge in [0.15, 0.2) is 0 Å². The number of rotatable bonds is 4. The highest BCUT2D eigenvalue weighted by Crippen LogP contribution is 2.37. The van der Waals surface area contributed by atoms with E-state index in [9.17, 15) is 14.3 Å². The minimum absolute atomic E-state index is 0.169. The maximum Gasteiger partial charge on any atom is 0.225 e. The van der Waals surface area contributed by atoms with Crippen LogP contribution in [0.1, 0.15) is 19.3 Å². The quantitative estimate of drug-likeness (QED) is 0.890. The number of aliphatic hydroxyl groups is 1. The number of halogens is 1. The second kappa shape index (κ2) is 6.12. The van der Waals surface area contributed by atoms with Gasteiger partial charge >= 0.3 is 0 Å². The monoisotopic (exact) mass is 292 g/mol. The summed E-state index contributed by atoms with van der Waals surface area (Å²) < 4.78 is 13.4. The van der Waals surface area contributed by atoms with E-state index in [0.717, 1.165) is 25.9 Å². The molecule has 3 rings (SSSR count). The summed E-state index contributed by atoms with van der Waals surface area (Å²) in [5.41, 5.74) is 0.233. The molecule has 1 saturated carbocycles. The SMILES string of the molecule is O=C(CCN1CC2CCC(O)C2C1)Nc1ccccc1F. The summed E-state index contributed by atoms with van der Waals surface area (Å²) in [4.78, 5) is 14.1. The fourth-order valence-electron chi connectivity index (χ4n) is 3.55. The fourth-order valence-corrected chi connectivity index (χ4v) is 3.55. The molecule has 1 aromatic rings. The van der Waals surface area contributed by atoms with Crippen LogP contribution >= 0.6 is 0 Å². The average molecular weight is 292 g/mol. The third-order valence-corrected chi connectivity index (χ3v) is 4.70. The van der Waals surface area contributed by atoms with E-state index in [1.807, 2.05) is 0 Å². The second-order valence-electron chi connectivity index (χ2n) is 6.11. The van der Waals surface area contributed by atoms with Crippen molar-refractivity contribution in [3.05, 3.63) is 30.1 Å². The number of aliphatic hydroxyl groups excluding tert-OH is 1. The molecule has 3 unspecified atom stereocenters. The van der Waals surface area contributed by atoms with Crippen LogP contribution in [0.2, 0.25) is 0 Å². The van der Waals surface area contributed by atoms with Crippen molar-refractivity contribution in [3.63, 3.8) is 0 Å². The third-order valence-electron chi connectivity index (χ3n) is 4.70. The maximum absolute atomic E-state index is 13.4. The Labute approximate surface area is 124 Å². The van der Waals surface area contributed by atoms with Crippen molar-refractivity contribution in [2.45, 2.75) is 25.4 Å². The summed E-state index contributed by atoms with van der Waals surface area (Å²) in [7, 11) is 0. The number of carbonyl (C=O) groups excluding carboxylic acids is 1. The standard InChI is InChI=1S/C16H21FN2O2/c17-13-3-1-2-4-14(13)18-16(21)7-8-19-9-11-5-6-15(20)12(11)10-19/h1-4,11-12,15,20H,5-10H2,(H,18,21). The number of likely N-dealkylation sites (tertiary alicyclic amines) is 1. The van der Waals surface area contributed by atoms with Gasteiger partial charge in [0.2, 0.25) is 5.91 Å². The Hall–Kier alpha value is -1.46. The van der Waals surface area contributed by atoms with Crippen LogP contribution in [-0.4, -0.2) is 41.7 Å². The molecule has 1 heterocycles. The minimum Gasteiger partial charge on any atom is -0.393 e. The van der Waals surface area contributed by atoms with Crippen molar-refractivity contribution < 1.29 is 14.3 Å². The van der Waals surface area contributed by atoms with Gasteiger partial charge in [-0.1, -0.05) is 12.1 Å². The van der Waals surface area contributed by atoms with Crippen LogP contribution in [0.25, 0.3) is 0 Å². The van der Waals surface area contributed by atoms with Crippen molar-refractivity contribution in [1.29, 1.82) is 0 Å². The van der Waals surface area contributed by atoms with Crippen molar-refractivity contribution in [2.75, 3.05) is 25.0 Å². The average Bonchev–Trinajstić information content (AvgIpc) is 3.02. The normalized spacial score (nSPS) is 28.6. The summed E-state index contributed by atoms with van der Waals surface area (Å²) in [5, 5.41) is 12.5. The lowest BCUT2D eigenvalue weighted by Crippen LogP contribution is -2.28. The van der Waals surface area contributed by atoms with Crippen LogP contribution < -0.4 is 5.32 Å². The van der Waals surface area contributed by atoms with Gasteiger partial charge in [-0.2, -0.15) is 0 Å². The summed E-state index contributed by atoms with van der Waals surface area (Å²) in [6.07, 6.45) is 2.18. The Balaban J connectivity index is 1.46. The molecule has 2 N–H and O–H groups in total. The largest absolute Gasteiger partial charge is 0.393 e. The molecule has 3 atom stereocenters. The van der Waals surface area contributed by atoms with Gasteiger partial charge in [-0.25, -0.2) is 4.39 Å². The molecular formula is C16H21FN2O2. The molecule has 21 heavy (non-hydrogen) atoms. The Morgan fingerprint density at radius 2 is 2.14 bits per heavy atom. The van der Waals surface area contributed by atoms with Gasteiger partial charge in [0, 0.05) is 32.0 Å². The number of hydrogen-bond acceptors (Lipinski definition) is 3. The van der Waals surface area contributed by atoms with Gasteiger partial charge in [0.25, 0.3) is 0 Å². The highest BCUT2D eigenvalue weighted by molar-refractivity contribution is 5.90. The first-order valence-electron chi connectivity index (χ1n) is 7.58. The number of anilines is 1. The predicted molar refractivity (Wildman–Crippen MR) is 78.3 cm³/mol. The maximum atomic E-state index is 13.4. The van der Waals surface area contributed by atoms with Gasteiger partial charge in [0.05, 0.1) is 11.8 Å². The molecule has 1 aliphatic carbocycles. The molecule has 1 aromatic carbocycles. The summed E-state index contributed by atoms with van der Waals surface area (Å²) in [6.45, 7) is 2.51. The van der Waals surface area contributed by atoms with Crippen LogP contribution in [0.5, 0.6) is 0 Å². The first-order valence-corrected chi connectivity index (χ1v) is 7.58. The topological polar surface area (TPSA) is 52.6 Å². The molecule has 4 nitrogen and oxygen atoms in total. The zero-order chi connectivity index (χ0) is 14.8. The van der Waals surface area contributed by atoms with E-state index < -0.39 is 5.82 Å². The van der Waals surface area contributed by atoms with Crippen molar-refractivity contribution in [2.24, 2.45) is 11.8 Å². The van der Waals surface area contributed by atoms with Crippen LogP contribution in [0.4, 0.5) is 10.1 Å². The number of para-hydroxylation sites is 1. The first-order chi connectivity index (χ1) is 10.1. The van der Waals surface area contributed by atoms with Gasteiger partial charge in [-0.05, 0) is 30.9 Å². The molecular weight excluding hydrogens is 271 g/mol. The molecule has 1 saturated heterocycles. The lowest BCUT2D eigenvalue weighted by Gasteiger charge is -2.17. The minimum atomic E-state index is -0.412. The summed E-state index contributed by atoms with van der Waals surface area (Å²) in [6, 6.07) is 6.18. The number of fused-ring (bicyclic) bond motifs is 1. The second-order valence-corrected chi connectivity index (χ2v) is 6.11. The molecule has 2 aliphatic rings. The molecule has 1 aliphatic heterocycles. The van der Waals surface area contributed by atoms with Crippen LogP contribution in [0, 0.1) is 17.7 Å². The van der Waals surface area contributed by atoms with Crippen LogP contribution in [0.3, 0.4) is 0 Å². The van der Waals surface area contributed by atoms with Gasteiger partial charge in [-0.3, -0.25) is 4.79 Å². The lowest BCUT2D eigenvalue weighted by molar-refractivity contribution is -0.116. The first kappa shape index (κ1) is 14.5. The van der Waals surface area contributed by atoms with Gasteiger partial charge in [0.1, 0.15) is 5.82 Å². The Bertz CT molecular complexity index is 523. The van der Waals surface area contributed by atoms with E-state index in [1.54, 1.807) is 18.2 Å². The Morgan fingerprint density at radius 3 is 2.90 bits per heavy atom. The van der Waals surface area contributed by atoms with Crippen molar-refractivity contribution in [1.82, 2.24) is 4.90 Å². The molecule has 114 valence electrons. The number of hydrogen-bond donors (Lipinski definition) is 2. The molecule has 1 amide bonds. The number of benzene rings is 1. The highest BCUT2D eigenvalue weighted by Gasteiger charge is 2.41. The van der Waals surface area contributed by atoms with Crippen LogP contribution in [-0.2, 0) is 4.79 Å². The lowest BCUT2D eigenvalue weighted by atomic mass is 10.00. The Morgan fingerprint density at radius 1 is 1.33 bits per heavy atom. The van der Waals surface area contributed by atoms with E-state index in [0.29, 0.717) is 24.8 Å². The highest BCUT2D eigenvalue weighted by atomic mass is 19.1. The number of nitrogens with zero attached hydrogens (tertiary/aromatic N) is 1. The summed E-state index contributed by atoms with van der Waals surface area (Å²) >= 11 is 0. The van der Waals surface area contributed by atoms with Crippen LogP contribution in [0.15, 0.2) is 24.3 Å². The number of amides is 1. The van der Waals surface area contributed by atoms with E-state index in [4.69, 9.17) is 0 Å². The number of nitrogens with one attached hydrogen (secondary N) is 1. The molecule has 2 fully saturated rings. The van der Waals surface area contributed by atoms with Gasteiger partial charge < -0.3 is 15.3 Å². The molecule has 0 aromatic heterocycles. The zero-order valence-corrected chi connectivity index (χ0v) is 12.0. The Kier molecular flexibility index (Phi) is 4.22. The third kappa shape index (κ3) is 3.24. The summed E-state index contributed by atoms with van der Waals surface area (Å²) in [5.74, 6) is 0.372. The van der Waals surface area contributed by atoms with Crippen molar-refractivity contribution >= 4 is 11.6 Å². The molecule has 5 heteroatoms. The predicted octanol–water partition coefficient (Wildman–Crippen LogP) is 1.86. The van der Waals surface area contributed by atoms with Gasteiger partial charge in [-0.15, -0.1) is 0 Å². The van der Waals surface area contributed by atoms with E-state index in [2.05, 4.69) is 10.2 Å². The number of carbonyl (C=O) groups is 1. The molecule has 0 spiro atoms. The molecule has 0 radical (unpaired) electrons. The molecule has 0 bridgehead atoms. The van der Waals surface area contributed by atoms with E-state index in [1.165, 1.54) is 6.07 Å². The van der Waals surface area contributed by atoms with E-state index >= 15 is 0 Å². The van der Waals surface area contributed by atoms with Crippen molar-refractivity contribution in [3.8, 4) is 0 Å². The smallest absolute Gasteiger partial charge is 0.225 e. The zero-order valence-electron chi connectivity index (χ0n) is 12.0. The fraction of sp³-hybridized carbons (Fsp3) is 0.562. The van der Waals surface area contributed by atoms with E-state index in [-0.39, 0.29) is 17.7 Å².